The SMILES string of the molecule is Cc1cc2c(c(F)c1NC(=O)CC(C)(C)C)OC(C)C(=O)N2Cc1ccc(OC(F)F)c(F)c1. The molecule has 184 valence electrons. The largest absolute Gasteiger partial charge is 0.476 e. The Labute approximate surface area is 194 Å². The van der Waals surface area contributed by atoms with Crippen LogP contribution in [-0.2, 0) is 16.1 Å². The Morgan fingerprint density at radius 3 is 2.50 bits per heavy atom. The maximum atomic E-state index is 15.4. The van der Waals surface area contributed by atoms with Gasteiger partial charge in [0.05, 0.1) is 17.9 Å². The van der Waals surface area contributed by atoms with Crippen molar-refractivity contribution < 1.29 is 36.6 Å². The summed E-state index contributed by atoms with van der Waals surface area (Å²) in [6.45, 7) is 5.31. The maximum absolute atomic E-state index is 15.4. The number of benzene rings is 2. The van der Waals surface area contributed by atoms with E-state index < -0.39 is 36.0 Å². The van der Waals surface area contributed by atoms with Crippen LogP contribution in [0.2, 0.25) is 0 Å². The third kappa shape index (κ3) is 5.60. The number of nitrogens with one attached hydrogen (secondary N) is 1. The number of amides is 2. The average Bonchev–Trinajstić information content (AvgIpc) is 2.70. The highest BCUT2D eigenvalue weighted by atomic mass is 19.3. The van der Waals surface area contributed by atoms with Crippen LogP contribution in [0.4, 0.5) is 28.9 Å². The quantitative estimate of drug-likeness (QED) is 0.547. The van der Waals surface area contributed by atoms with Crippen molar-refractivity contribution >= 4 is 23.2 Å². The van der Waals surface area contributed by atoms with Crippen molar-refractivity contribution in [2.45, 2.75) is 60.3 Å². The monoisotopic (exact) mass is 482 g/mol. The van der Waals surface area contributed by atoms with Crippen molar-refractivity contribution in [1.29, 1.82) is 0 Å². The van der Waals surface area contributed by atoms with Gasteiger partial charge in [-0.3, -0.25) is 9.59 Å². The number of alkyl halides is 2. The summed E-state index contributed by atoms with van der Waals surface area (Å²) in [4.78, 5) is 26.4. The Morgan fingerprint density at radius 1 is 1.24 bits per heavy atom. The van der Waals surface area contributed by atoms with Gasteiger partial charge >= 0.3 is 6.61 Å². The number of carbonyl (C=O) groups is 2. The van der Waals surface area contributed by atoms with Gasteiger partial charge in [0.1, 0.15) is 0 Å². The highest BCUT2D eigenvalue weighted by Gasteiger charge is 2.35. The number of ether oxygens (including phenoxy) is 2. The Kier molecular flexibility index (Phi) is 7.09. The Bertz CT molecular complexity index is 1120. The third-order valence-electron chi connectivity index (χ3n) is 5.11. The molecule has 0 fully saturated rings. The van der Waals surface area contributed by atoms with Gasteiger partial charge < -0.3 is 19.7 Å². The predicted octanol–water partition coefficient (Wildman–Crippen LogP) is 5.56. The number of aryl methyl sites for hydroxylation is 1. The lowest BCUT2D eigenvalue weighted by molar-refractivity contribution is -0.125. The van der Waals surface area contributed by atoms with Gasteiger partial charge in [-0.2, -0.15) is 8.78 Å². The normalized spacial score (nSPS) is 15.8. The van der Waals surface area contributed by atoms with Gasteiger partial charge in [-0.05, 0) is 48.6 Å². The summed E-state index contributed by atoms with van der Waals surface area (Å²) in [5, 5.41) is 2.58. The molecule has 2 aromatic rings. The summed E-state index contributed by atoms with van der Waals surface area (Å²) in [6.07, 6.45) is -0.879. The highest BCUT2D eigenvalue weighted by Crippen LogP contribution is 2.42. The number of hydrogen-bond acceptors (Lipinski definition) is 4. The van der Waals surface area contributed by atoms with Crippen LogP contribution >= 0.6 is 0 Å². The Morgan fingerprint density at radius 2 is 1.91 bits per heavy atom. The topological polar surface area (TPSA) is 67.9 Å². The molecule has 0 saturated carbocycles. The molecule has 0 aliphatic carbocycles. The van der Waals surface area contributed by atoms with Crippen LogP contribution in [0.3, 0.4) is 0 Å². The minimum atomic E-state index is -3.18. The first-order valence-electron chi connectivity index (χ1n) is 10.6. The first-order valence-corrected chi connectivity index (χ1v) is 10.6. The van der Waals surface area contributed by atoms with Crippen LogP contribution in [0.15, 0.2) is 24.3 Å². The van der Waals surface area contributed by atoms with Crippen LogP contribution in [-0.4, -0.2) is 24.5 Å². The first-order chi connectivity index (χ1) is 15.8. The number of halogens is 4. The predicted molar refractivity (Wildman–Crippen MR) is 118 cm³/mol. The molecule has 1 aliphatic rings. The van der Waals surface area contributed by atoms with Gasteiger partial charge in [-0.1, -0.05) is 26.8 Å². The fourth-order valence-corrected chi connectivity index (χ4v) is 3.62. The third-order valence-corrected chi connectivity index (χ3v) is 5.11. The molecule has 2 amide bonds. The average molecular weight is 482 g/mol. The van der Waals surface area contributed by atoms with Gasteiger partial charge in [0.25, 0.3) is 5.91 Å². The molecule has 6 nitrogen and oxygen atoms in total. The molecule has 10 heteroatoms. The van der Waals surface area contributed by atoms with E-state index in [9.17, 15) is 22.8 Å². The van der Waals surface area contributed by atoms with E-state index in [-0.39, 0.29) is 47.0 Å². The number of anilines is 2. The molecule has 1 aliphatic heterocycles. The molecular weight excluding hydrogens is 456 g/mol. The highest BCUT2D eigenvalue weighted by molar-refractivity contribution is 6.01. The molecule has 0 saturated heterocycles. The summed E-state index contributed by atoms with van der Waals surface area (Å²) in [5.41, 5.74) is 0.394. The lowest BCUT2D eigenvalue weighted by Gasteiger charge is -2.34. The molecule has 3 rings (SSSR count). The molecule has 2 aromatic carbocycles. The molecule has 0 spiro atoms. The second kappa shape index (κ2) is 9.52. The first kappa shape index (κ1) is 25.3. The van der Waals surface area contributed by atoms with Crippen LogP contribution < -0.4 is 19.7 Å². The Balaban J connectivity index is 1.95. The van der Waals surface area contributed by atoms with Crippen molar-refractivity contribution in [3.8, 4) is 11.5 Å². The Hall–Kier alpha value is -3.30. The fourth-order valence-electron chi connectivity index (χ4n) is 3.62. The smallest absolute Gasteiger partial charge is 0.387 e. The molecular formula is C24H26F4N2O4. The summed E-state index contributed by atoms with van der Waals surface area (Å²) >= 11 is 0. The summed E-state index contributed by atoms with van der Waals surface area (Å²) in [7, 11) is 0. The number of fused-ring (bicyclic) bond motifs is 1. The molecule has 1 N–H and O–H groups in total. The van der Waals surface area contributed by atoms with Gasteiger partial charge in [0, 0.05) is 6.42 Å². The maximum Gasteiger partial charge on any atom is 0.387 e. The van der Waals surface area contributed by atoms with Gasteiger partial charge in [0.15, 0.2) is 29.2 Å². The molecule has 1 heterocycles. The summed E-state index contributed by atoms with van der Waals surface area (Å²) < 4.78 is 64.0. The van der Waals surface area contributed by atoms with Gasteiger partial charge in [-0.15, -0.1) is 0 Å². The molecule has 34 heavy (non-hydrogen) atoms. The van der Waals surface area contributed by atoms with Crippen molar-refractivity contribution in [3.05, 3.63) is 47.0 Å². The van der Waals surface area contributed by atoms with Crippen molar-refractivity contribution in [2.24, 2.45) is 5.41 Å². The van der Waals surface area contributed by atoms with Crippen LogP contribution in [0.1, 0.15) is 45.2 Å². The van der Waals surface area contributed by atoms with Gasteiger partial charge in [0.2, 0.25) is 5.91 Å². The van der Waals surface area contributed by atoms with E-state index in [1.165, 1.54) is 24.0 Å². The summed E-state index contributed by atoms with van der Waals surface area (Å²) in [6, 6.07) is 4.83. The minimum absolute atomic E-state index is 0.0472. The van der Waals surface area contributed by atoms with E-state index in [1.54, 1.807) is 6.92 Å². The number of hydrogen-bond donors (Lipinski definition) is 1. The molecule has 0 aromatic heterocycles. The zero-order valence-electron chi connectivity index (χ0n) is 19.5. The van der Waals surface area contributed by atoms with E-state index >= 15 is 4.39 Å². The lowest BCUT2D eigenvalue weighted by atomic mass is 9.92. The van der Waals surface area contributed by atoms with Crippen LogP contribution in [0, 0.1) is 24.0 Å². The second-order valence-electron chi connectivity index (χ2n) is 9.34. The van der Waals surface area contributed by atoms with Crippen LogP contribution in [0.5, 0.6) is 11.5 Å². The molecule has 0 radical (unpaired) electrons. The number of rotatable bonds is 6. The summed E-state index contributed by atoms with van der Waals surface area (Å²) in [5.74, 6) is -3.56. The van der Waals surface area contributed by atoms with E-state index in [0.29, 0.717) is 5.56 Å². The van der Waals surface area contributed by atoms with Crippen molar-refractivity contribution in [1.82, 2.24) is 0 Å². The van der Waals surface area contributed by atoms with E-state index in [2.05, 4.69) is 10.1 Å². The van der Waals surface area contributed by atoms with E-state index in [0.717, 1.165) is 12.1 Å². The number of carbonyl (C=O) groups excluding carboxylic acids is 2. The minimum Gasteiger partial charge on any atom is -0.476 e. The van der Waals surface area contributed by atoms with Crippen molar-refractivity contribution in [2.75, 3.05) is 10.2 Å². The zero-order valence-corrected chi connectivity index (χ0v) is 19.5. The molecule has 1 unspecified atom stereocenters. The van der Waals surface area contributed by atoms with E-state index in [1.807, 2.05) is 20.8 Å². The number of nitrogens with zero attached hydrogens (tertiary/aromatic N) is 1. The lowest BCUT2D eigenvalue weighted by Crippen LogP contribution is -2.44. The van der Waals surface area contributed by atoms with Crippen molar-refractivity contribution in [3.63, 3.8) is 0 Å². The van der Waals surface area contributed by atoms with Gasteiger partial charge in [-0.25, -0.2) is 8.78 Å². The zero-order chi connectivity index (χ0) is 25.4. The standard InChI is InChI=1S/C24H26F4N2O4/c1-12-8-16-21(19(26)20(12)29-18(31)10-24(3,4)5)33-13(2)22(32)30(16)11-14-6-7-17(15(25)9-14)34-23(27)28/h6-9,13,23H,10-11H2,1-5H3,(H,29,31). The fraction of sp³-hybridized carbons (Fsp3) is 0.417. The second-order valence-corrected chi connectivity index (χ2v) is 9.34. The van der Waals surface area contributed by atoms with Crippen LogP contribution in [0.25, 0.3) is 0 Å². The molecule has 1 atom stereocenters. The molecule has 0 bridgehead atoms. The van der Waals surface area contributed by atoms with E-state index in [4.69, 9.17) is 4.74 Å².